The highest BCUT2D eigenvalue weighted by Crippen LogP contribution is 2.38. The van der Waals surface area contributed by atoms with Gasteiger partial charge in [-0.3, -0.25) is 0 Å². The third-order valence-electron chi connectivity index (χ3n) is 6.20. The van der Waals surface area contributed by atoms with E-state index in [-0.39, 0.29) is 36.8 Å². The normalized spacial score (nSPS) is 51.7. The Morgan fingerprint density at radius 2 is 1.52 bits per heavy atom. The molecule has 2 rings (SSSR count). The number of hydrogen-bond acceptors (Lipinski definition) is 5. The topological polar surface area (TPSA) is 68.2 Å². The first-order chi connectivity index (χ1) is 10.8. The second-order valence-electron chi connectivity index (χ2n) is 7.54. The van der Waals surface area contributed by atoms with Crippen LogP contribution in [-0.4, -0.2) is 53.6 Å². The van der Waals surface area contributed by atoms with Crippen LogP contribution < -0.4 is 0 Å². The van der Waals surface area contributed by atoms with Crippen LogP contribution in [0.25, 0.3) is 0 Å². The molecule has 0 aromatic carbocycles. The second kappa shape index (κ2) is 7.79. The number of aliphatic hydroxyl groups excluding tert-OH is 2. The lowest BCUT2D eigenvalue weighted by Gasteiger charge is -2.48. The van der Waals surface area contributed by atoms with Gasteiger partial charge < -0.3 is 24.4 Å². The summed E-state index contributed by atoms with van der Waals surface area (Å²) < 4.78 is 18.3. The molecule has 136 valence electrons. The zero-order valence-corrected chi connectivity index (χ0v) is 15.3. The van der Waals surface area contributed by atoms with Crippen molar-refractivity contribution in [2.24, 2.45) is 23.7 Å². The predicted molar refractivity (Wildman–Crippen MR) is 87.9 cm³/mol. The van der Waals surface area contributed by atoms with E-state index >= 15 is 0 Å². The molecule has 0 spiro atoms. The molecular formula is C18H34O5. The van der Waals surface area contributed by atoms with Gasteiger partial charge in [-0.05, 0) is 31.1 Å². The van der Waals surface area contributed by atoms with Crippen LogP contribution >= 0.6 is 0 Å². The summed E-state index contributed by atoms with van der Waals surface area (Å²) in [5.74, 6) is 0.863. The van der Waals surface area contributed by atoms with E-state index in [0.717, 1.165) is 6.42 Å². The molecule has 10 atom stereocenters. The Balaban J connectivity index is 2.11. The fraction of sp³-hybridized carbons (Fsp3) is 1.00. The minimum absolute atomic E-state index is 0.0159. The Morgan fingerprint density at radius 3 is 2.09 bits per heavy atom. The van der Waals surface area contributed by atoms with E-state index in [4.69, 9.17) is 14.2 Å². The van der Waals surface area contributed by atoms with E-state index in [0.29, 0.717) is 11.8 Å². The van der Waals surface area contributed by atoms with Crippen molar-refractivity contribution in [3.05, 3.63) is 0 Å². The van der Waals surface area contributed by atoms with Crippen molar-refractivity contribution in [3.8, 4) is 0 Å². The largest absolute Gasteiger partial charge is 0.394 e. The lowest BCUT2D eigenvalue weighted by atomic mass is 9.80. The predicted octanol–water partition coefficient (Wildman–Crippen LogP) is 2.19. The standard InChI is InChI=1S/C18H34O5/c1-7-14-17(11(4)9(2)13(6)21-14)23-18-12(5)10(3)16(20)15(8-19)22-18/h9-20H,7-8H2,1-6H3/t9?,10-,11?,12?,13+,14?,15?,16-,17-,18-/m0/s1. The lowest BCUT2D eigenvalue weighted by molar-refractivity contribution is -0.310. The van der Waals surface area contributed by atoms with Gasteiger partial charge >= 0.3 is 0 Å². The zero-order valence-electron chi connectivity index (χ0n) is 15.3. The zero-order chi connectivity index (χ0) is 17.3. The summed E-state index contributed by atoms with van der Waals surface area (Å²) in [6.45, 7) is 12.5. The number of hydrogen-bond donors (Lipinski definition) is 2. The molecule has 0 radical (unpaired) electrons. The van der Waals surface area contributed by atoms with Gasteiger partial charge in [0, 0.05) is 5.92 Å². The molecule has 2 fully saturated rings. The Bertz CT molecular complexity index is 372. The molecule has 5 nitrogen and oxygen atoms in total. The van der Waals surface area contributed by atoms with Crippen LogP contribution in [0.5, 0.6) is 0 Å². The molecule has 23 heavy (non-hydrogen) atoms. The summed E-state index contributed by atoms with van der Waals surface area (Å²) in [5.41, 5.74) is 0. The summed E-state index contributed by atoms with van der Waals surface area (Å²) in [4.78, 5) is 0. The van der Waals surface area contributed by atoms with Crippen LogP contribution in [0.3, 0.4) is 0 Å². The van der Waals surface area contributed by atoms with Crippen molar-refractivity contribution in [3.63, 3.8) is 0 Å². The van der Waals surface area contributed by atoms with Gasteiger partial charge in [0.2, 0.25) is 0 Å². The molecule has 2 N–H and O–H groups in total. The fourth-order valence-corrected chi connectivity index (χ4v) is 3.82. The van der Waals surface area contributed by atoms with Crippen LogP contribution in [0.1, 0.15) is 48.0 Å². The third kappa shape index (κ3) is 3.74. The van der Waals surface area contributed by atoms with Crippen LogP contribution in [0.4, 0.5) is 0 Å². The van der Waals surface area contributed by atoms with Gasteiger partial charge in [-0.25, -0.2) is 0 Å². The average molecular weight is 330 g/mol. The number of ether oxygens (including phenoxy) is 3. The molecule has 0 amide bonds. The molecular weight excluding hydrogens is 296 g/mol. The summed E-state index contributed by atoms with van der Waals surface area (Å²) in [6, 6.07) is 0. The highest BCUT2D eigenvalue weighted by Gasteiger charge is 2.45. The first-order valence-corrected chi connectivity index (χ1v) is 9.07. The minimum Gasteiger partial charge on any atom is -0.394 e. The summed E-state index contributed by atoms with van der Waals surface area (Å²) in [6.07, 6.45) is -0.503. The van der Waals surface area contributed by atoms with Crippen LogP contribution in [0.2, 0.25) is 0 Å². The van der Waals surface area contributed by atoms with Gasteiger partial charge in [0.25, 0.3) is 0 Å². The SMILES string of the molecule is CCC1O[C@H](C)C(C)C(C)[C@@H]1O[C@@H]1OC(CO)[C@@H](O)[C@@H](C)C1C. The third-order valence-corrected chi connectivity index (χ3v) is 6.20. The Morgan fingerprint density at radius 1 is 0.870 bits per heavy atom. The highest BCUT2D eigenvalue weighted by molar-refractivity contribution is 4.90. The number of rotatable bonds is 4. The van der Waals surface area contributed by atoms with E-state index in [1.807, 2.05) is 13.8 Å². The van der Waals surface area contributed by atoms with E-state index in [1.165, 1.54) is 0 Å². The van der Waals surface area contributed by atoms with Crippen LogP contribution in [0, 0.1) is 23.7 Å². The Kier molecular flexibility index (Phi) is 6.48. The van der Waals surface area contributed by atoms with Crippen LogP contribution in [-0.2, 0) is 14.2 Å². The quantitative estimate of drug-likeness (QED) is 0.827. The van der Waals surface area contributed by atoms with Gasteiger partial charge in [-0.2, -0.15) is 0 Å². The van der Waals surface area contributed by atoms with Crippen molar-refractivity contribution >= 4 is 0 Å². The first kappa shape index (κ1) is 19.1. The van der Waals surface area contributed by atoms with Gasteiger partial charge in [-0.15, -0.1) is 0 Å². The maximum atomic E-state index is 10.2. The Hall–Kier alpha value is -0.200. The van der Waals surface area contributed by atoms with Crippen molar-refractivity contribution < 1.29 is 24.4 Å². The smallest absolute Gasteiger partial charge is 0.161 e. The van der Waals surface area contributed by atoms with E-state index in [1.54, 1.807) is 0 Å². The molecule has 0 bridgehead atoms. The van der Waals surface area contributed by atoms with Crippen molar-refractivity contribution in [2.75, 3.05) is 6.61 Å². The van der Waals surface area contributed by atoms with Crippen LogP contribution in [0.15, 0.2) is 0 Å². The van der Waals surface area contributed by atoms with Crippen molar-refractivity contribution in [1.82, 2.24) is 0 Å². The van der Waals surface area contributed by atoms with Gasteiger partial charge in [0.1, 0.15) is 6.10 Å². The lowest BCUT2D eigenvalue weighted by Crippen LogP contribution is -2.56. The van der Waals surface area contributed by atoms with Crippen molar-refractivity contribution in [2.45, 2.75) is 84.8 Å². The fourth-order valence-electron chi connectivity index (χ4n) is 3.82. The number of aliphatic hydroxyl groups is 2. The maximum Gasteiger partial charge on any atom is 0.161 e. The van der Waals surface area contributed by atoms with Gasteiger partial charge in [0.15, 0.2) is 6.29 Å². The molecule has 2 aliphatic heterocycles. The second-order valence-corrected chi connectivity index (χ2v) is 7.54. The molecule has 5 heteroatoms. The first-order valence-electron chi connectivity index (χ1n) is 9.07. The summed E-state index contributed by atoms with van der Waals surface area (Å²) in [5, 5.41) is 19.6. The molecule has 0 aromatic rings. The maximum absolute atomic E-state index is 10.2. The average Bonchev–Trinajstić information content (AvgIpc) is 2.55. The minimum atomic E-state index is -0.657. The monoisotopic (exact) mass is 330 g/mol. The molecule has 0 aliphatic carbocycles. The molecule has 5 unspecified atom stereocenters. The molecule has 0 saturated carbocycles. The van der Waals surface area contributed by atoms with Crippen molar-refractivity contribution in [1.29, 1.82) is 0 Å². The Labute approximate surface area is 140 Å². The van der Waals surface area contributed by atoms with E-state index < -0.39 is 18.5 Å². The molecule has 2 aliphatic rings. The highest BCUT2D eigenvalue weighted by atomic mass is 16.7. The summed E-state index contributed by atoms with van der Waals surface area (Å²) >= 11 is 0. The molecule has 0 aromatic heterocycles. The van der Waals surface area contributed by atoms with Gasteiger partial charge in [-0.1, -0.05) is 34.6 Å². The summed E-state index contributed by atoms with van der Waals surface area (Å²) in [7, 11) is 0. The van der Waals surface area contributed by atoms with Gasteiger partial charge in [0.05, 0.1) is 31.0 Å². The van der Waals surface area contributed by atoms with E-state index in [2.05, 4.69) is 27.7 Å². The van der Waals surface area contributed by atoms with E-state index in [9.17, 15) is 10.2 Å². The molecule has 2 saturated heterocycles. The molecule has 2 heterocycles.